The molecule has 138 valence electrons. The Morgan fingerprint density at radius 1 is 1.46 bits per heavy atom. The van der Waals surface area contributed by atoms with Gasteiger partial charge in [-0.15, -0.1) is 0 Å². The smallest absolute Gasteiger partial charge is 0.276 e. The Balaban J connectivity index is 2.07. The SMILES string of the molecule is CCCOC(CC)N1CCN(CC2COC(C)(C)C2)C1=N[N+](=O)[O-]. The van der Waals surface area contributed by atoms with Crippen LogP contribution in [0.3, 0.4) is 0 Å². The molecule has 2 rings (SSSR count). The molecule has 2 unspecified atom stereocenters. The maximum atomic E-state index is 11.0. The molecule has 0 aromatic rings. The van der Waals surface area contributed by atoms with E-state index in [1.54, 1.807) is 0 Å². The molecule has 0 amide bonds. The molecule has 2 saturated heterocycles. The zero-order chi connectivity index (χ0) is 17.7. The van der Waals surface area contributed by atoms with E-state index in [2.05, 4.69) is 25.9 Å². The Morgan fingerprint density at radius 2 is 2.21 bits per heavy atom. The zero-order valence-electron chi connectivity index (χ0n) is 15.2. The van der Waals surface area contributed by atoms with Crippen molar-refractivity contribution < 1.29 is 14.5 Å². The number of guanidine groups is 1. The number of ether oxygens (including phenoxy) is 2. The van der Waals surface area contributed by atoms with Crippen molar-refractivity contribution in [3.63, 3.8) is 0 Å². The molecule has 0 saturated carbocycles. The summed E-state index contributed by atoms with van der Waals surface area (Å²) < 4.78 is 11.6. The highest BCUT2D eigenvalue weighted by Gasteiger charge is 2.38. The van der Waals surface area contributed by atoms with Crippen LogP contribution in [0, 0.1) is 16.0 Å². The summed E-state index contributed by atoms with van der Waals surface area (Å²) in [5, 5.41) is 14.1. The molecule has 0 aromatic carbocycles. The molecule has 0 aromatic heterocycles. The average molecular weight is 342 g/mol. The first-order valence-corrected chi connectivity index (χ1v) is 8.86. The van der Waals surface area contributed by atoms with Crippen LogP contribution in [-0.4, -0.2) is 65.5 Å². The number of hydrogen-bond acceptors (Lipinski definition) is 4. The average Bonchev–Trinajstić information content (AvgIpc) is 3.04. The number of nitro groups is 1. The highest BCUT2D eigenvalue weighted by Crippen LogP contribution is 2.30. The summed E-state index contributed by atoms with van der Waals surface area (Å²) >= 11 is 0. The van der Waals surface area contributed by atoms with Crippen LogP contribution in [0.15, 0.2) is 5.10 Å². The van der Waals surface area contributed by atoms with Gasteiger partial charge < -0.3 is 19.3 Å². The Labute approximate surface area is 143 Å². The van der Waals surface area contributed by atoms with Gasteiger partial charge in [-0.25, -0.2) is 10.1 Å². The largest absolute Gasteiger partial charge is 0.375 e. The Morgan fingerprint density at radius 3 is 2.75 bits per heavy atom. The minimum absolute atomic E-state index is 0.110. The Kier molecular flexibility index (Phi) is 6.40. The summed E-state index contributed by atoms with van der Waals surface area (Å²) in [4.78, 5) is 15.0. The van der Waals surface area contributed by atoms with Crippen molar-refractivity contribution in [1.29, 1.82) is 0 Å². The lowest BCUT2D eigenvalue weighted by molar-refractivity contribution is -0.486. The van der Waals surface area contributed by atoms with Crippen LogP contribution in [0.25, 0.3) is 0 Å². The molecule has 0 bridgehead atoms. The van der Waals surface area contributed by atoms with Crippen molar-refractivity contribution in [2.75, 3.05) is 32.8 Å². The van der Waals surface area contributed by atoms with Gasteiger partial charge in [-0.3, -0.25) is 0 Å². The fourth-order valence-corrected chi connectivity index (χ4v) is 3.52. The van der Waals surface area contributed by atoms with E-state index in [1.807, 2.05) is 16.7 Å². The van der Waals surface area contributed by atoms with E-state index < -0.39 is 5.03 Å². The predicted molar refractivity (Wildman–Crippen MR) is 91.2 cm³/mol. The van der Waals surface area contributed by atoms with Gasteiger partial charge in [-0.05, 0) is 33.1 Å². The lowest BCUT2D eigenvalue weighted by atomic mass is 9.97. The van der Waals surface area contributed by atoms with E-state index in [4.69, 9.17) is 9.47 Å². The molecular weight excluding hydrogens is 312 g/mol. The molecule has 2 aliphatic rings. The predicted octanol–water partition coefficient (Wildman–Crippen LogP) is 2.13. The second-order valence-corrected chi connectivity index (χ2v) is 7.15. The fourth-order valence-electron chi connectivity index (χ4n) is 3.52. The van der Waals surface area contributed by atoms with Gasteiger partial charge in [0.15, 0.2) is 5.03 Å². The maximum absolute atomic E-state index is 11.0. The lowest BCUT2D eigenvalue weighted by Gasteiger charge is -2.29. The molecular formula is C16H30N4O4. The van der Waals surface area contributed by atoms with Crippen molar-refractivity contribution in [3.8, 4) is 0 Å². The minimum atomic E-state index is -0.609. The van der Waals surface area contributed by atoms with Crippen LogP contribution in [0.4, 0.5) is 0 Å². The summed E-state index contributed by atoms with van der Waals surface area (Å²) in [6.45, 7) is 11.8. The molecule has 2 aliphatic heterocycles. The van der Waals surface area contributed by atoms with Gasteiger partial charge in [0.05, 0.1) is 12.2 Å². The van der Waals surface area contributed by atoms with Crippen LogP contribution in [-0.2, 0) is 9.47 Å². The highest BCUT2D eigenvalue weighted by molar-refractivity contribution is 5.81. The molecule has 0 spiro atoms. The van der Waals surface area contributed by atoms with Gasteiger partial charge in [0, 0.05) is 32.2 Å². The molecule has 0 aliphatic carbocycles. The molecule has 0 N–H and O–H groups in total. The number of hydrazone groups is 1. The topological polar surface area (TPSA) is 80.4 Å². The number of hydrogen-bond donors (Lipinski definition) is 0. The highest BCUT2D eigenvalue weighted by atomic mass is 16.7. The molecule has 2 heterocycles. The third-order valence-corrected chi connectivity index (χ3v) is 4.50. The minimum Gasteiger partial charge on any atom is -0.375 e. The van der Waals surface area contributed by atoms with Crippen molar-refractivity contribution in [3.05, 3.63) is 10.1 Å². The second-order valence-electron chi connectivity index (χ2n) is 7.15. The van der Waals surface area contributed by atoms with Crippen LogP contribution in [0.2, 0.25) is 0 Å². The van der Waals surface area contributed by atoms with Gasteiger partial charge in [0.2, 0.25) is 0 Å². The van der Waals surface area contributed by atoms with Gasteiger partial charge in [0.1, 0.15) is 11.3 Å². The molecule has 8 nitrogen and oxygen atoms in total. The molecule has 2 atom stereocenters. The van der Waals surface area contributed by atoms with Crippen molar-refractivity contribution in [2.24, 2.45) is 11.0 Å². The molecule has 0 radical (unpaired) electrons. The first-order chi connectivity index (χ1) is 11.4. The van der Waals surface area contributed by atoms with Gasteiger partial charge in [-0.1, -0.05) is 13.8 Å². The van der Waals surface area contributed by atoms with Gasteiger partial charge in [-0.2, -0.15) is 0 Å². The number of nitrogens with zero attached hydrogens (tertiary/aromatic N) is 4. The van der Waals surface area contributed by atoms with E-state index in [0.717, 1.165) is 32.4 Å². The van der Waals surface area contributed by atoms with E-state index >= 15 is 0 Å². The van der Waals surface area contributed by atoms with E-state index in [1.165, 1.54) is 0 Å². The maximum Gasteiger partial charge on any atom is 0.276 e. The monoisotopic (exact) mass is 342 g/mol. The van der Waals surface area contributed by atoms with Crippen molar-refractivity contribution >= 4 is 5.96 Å². The van der Waals surface area contributed by atoms with Crippen molar-refractivity contribution in [1.82, 2.24) is 9.80 Å². The quantitative estimate of drug-likeness (QED) is 0.496. The summed E-state index contributed by atoms with van der Waals surface area (Å²) in [5.41, 5.74) is -0.110. The molecule has 2 fully saturated rings. The van der Waals surface area contributed by atoms with Crippen molar-refractivity contribution in [2.45, 2.75) is 58.8 Å². The van der Waals surface area contributed by atoms with E-state index in [-0.39, 0.29) is 11.8 Å². The number of rotatable bonds is 8. The Hall–Kier alpha value is -1.41. The van der Waals surface area contributed by atoms with E-state index in [0.29, 0.717) is 31.6 Å². The normalized spacial score (nSPS) is 26.3. The fraction of sp³-hybridized carbons (Fsp3) is 0.938. The lowest BCUT2D eigenvalue weighted by Crippen LogP contribution is -2.43. The molecule has 8 heteroatoms. The summed E-state index contributed by atoms with van der Waals surface area (Å²) in [6.07, 6.45) is 2.48. The zero-order valence-corrected chi connectivity index (χ0v) is 15.2. The van der Waals surface area contributed by atoms with Gasteiger partial charge >= 0.3 is 0 Å². The van der Waals surface area contributed by atoms with E-state index in [9.17, 15) is 10.1 Å². The third kappa shape index (κ3) is 4.80. The third-order valence-electron chi connectivity index (χ3n) is 4.50. The van der Waals surface area contributed by atoms with Crippen LogP contribution in [0.1, 0.15) is 47.0 Å². The summed E-state index contributed by atoms with van der Waals surface area (Å²) in [6, 6.07) is 0. The summed E-state index contributed by atoms with van der Waals surface area (Å²) in [7, 11) is 0. The Bertz CT molecular complexity index is 469. The summed E-state index contributed by atoms with van der Waals surface area (Å²) in [5.74, 6) is 0.793. The molecule has 24 heavy (non-hydrogen) atoms. The first kappa shape index (κ1) is 18.9. The van der Waals surface area contributed by atoms with Gasteiger partial charge in [0.25, 0.3) is 5.96 Å². The van der Waals surface area contributed by atoms with Crippen LogP contribution in [0.5, 0.6) is 0 Å². The van der Waals surface area contributed by atoms with Crippen LogP contribution < -0.4 is 0 Å². The van der Waals surface area contributed by atoms with Crippen LogP contribution >= 0.6 is 0 Å². The second kappa shape index (κ2) is 8.11. The first-order valence-electron chi connectivity index (χ1n) is 8.86. The standard InChI is InChI=1S/C16H30N4O4/c1-5-9-23-14(6-2)19-8-7-18(15(19)17-20(21)22)11-13-10-16(3,4)24-12-13/h13-14H,5-12H2,1-4H3.